The molecule has 2 heterocycles. The topological polar surface area (TPSA) is 84.8 Å². The SMILES string of the molecule is COc1cccc(-c2cc(C(=O)Nc3cnn(Cc4ccc(Cl)cc4)c3)[nH]n2)c1. The van der Waals surface area contributed by atoms with Crippen LogP contribution in [0.4, 0.5) is 5.69 Å². The number of rotatable bonds is 6. The number of aromatic nitrogens is 4. The van der Waals surface area contributed by atoms with Gasteiger partial charge in [-0.15, -0.1) is 0 Å². The van der Waals surface area contributed by atoms with Crippen molar-refractivity contribution in [1.82, 2.24) is 20.0 Å². The highest BCUT2D eigenvalue weighted by molar-refractivity contribution is 6.30. The van der Waals surface area contributed by atoms with E-state index in [-0.39, 0.29) is 5.91 Å². The van der Waals surface area contributed by atoms with Gasteiger partial charge < -0.3 is 10.1 Å². The maximum atomic E-state index is 12.5. The normalized spacial score (nSPS) is 10.7. The average Bonchev–Trinajstić information content (AvgIpc) is 3.40. The summed E-state index contributed by atoms with van der Waals surface area (Å²) in [6.45, 7) is 0.580. The number of nitrogens with zero attached hydrogens (tertiary/aromatic N) is 3. The summed E-state index contributed by atoms with van der Waals surface area (Å²) in [5.74, 6) is 0.433. The predicted molar refractivity (Wildman–Crippen MR) is 111 cm³/mol. The fourth-order valence-electron chi connectivity index (χ4n) is 2.86. The molecule has 0 saturated carbocycles. The maximum Gasteiger partial charge on any atom is 0.273 e. The number of carbonyl (C=O) groups excluding carboxylic acids is 1. The van der Waals surface area contributed by atoms with Gasteiger partial charge in [0.2, 0.25) is 0 Å². The summed E-state index contributed by atoms with van der Waals surface area (Å²) in [5, 5.41) is 14.8. The van der Waals surface area contributed by atoms with Crippen LogP contribution in [0.1, 0.15) is 16.1 Å². The Kier molecular flexibility index (Phi) is 5.31. The average molecular weight is 408 g/mol. The van der Waals surface area contributed by atoms with Gasteiger partial charge in [0.25, 0.3) is 5.91 Å². The van der Waals surface area contributed by atoms with E-state index in [4.69, 9.17) is 16.3 Å². The Morgan fingerprint density at radius 2 is 2.03 bits per heavy atom. The van der Waals surface area contributed by atoms with Gasteiger partial charge in [0.05, 0.1) is 31.2 Å². The molecular formula is C21H18ClN5O2. The molecule has 0 fully saturated rings. The molecule has 29 heavy (non-hydrogen) atoms. The van der Waals surface area contributed by atoms with E-state index in [1.807, 2.05) is 48.5 Å². The number of benzene rings is 2. The number of hydrogen-bond acceptors (Lipinski definition) is 4. The first kappa shape index (κ1) is 18.8. The Hall–Kier alpha value is -3.58. The zero-order valence-corrected chi connectivity index (χ0v) is 16.3. The number of methoxy groups -OCH3 is 1. The molecule has 0 aliphatic carbocycles. The molecule has 0 spiro atoms. The molecule has 1 amide bonds. The van der Waals surface area contributed by atoms with E-state index in [2.05, 4.69) is 20.6 Å². The van der Waals surface area contributed by atoms with Gasteiger partial charge in [0.15, 0.2) is 0 Å². The van der Waals surface area contributed by atoms with Crippen LogP contribution in [0.15, 0.2) is 67.0 Å². The van der Waals surface area contributed by atoms with Gasteiger partial charge in [-0.2, -0.15) is 10.2 Å². The van der Waals surface area contributed by atoms with Crippen LogP contribution < -0.4 is 10.1 Å². The molecule has 0 unspecified atom stereocenters. The van der Waals surface area contributed by atoms with E-state index in [0.717, 1.165) is 16.9 Å². The highest BCUT2D eigenvalue weighted by Crippen LogP contribution is 2.23. The van der Waals surface area contributed by atoms with Crippen molar-refractivity contribution < 1.29 is 9.53 Å². The zero-order valence-electron chi connectivity index (χ0n) is 15.6. The summed E-state index contributed by atoms with van der Waals surface area (Å²) in [6.07, 6.45) is 3.37. The number of H-pyrrole nitrogens is 1. The number of anilines is 1. The summed E-state index contributed by atoms with van der Waals surface area (Å²) in [5.41, 5.74) is 3.53. The second kappa shape index (κ2) is 8.20. The standard InChI is InChI=1S/C21H18ClN5O2/c1-29-18-4-2-3-15(9-18)19-10-20(26-25-19)21(28)24-17-11-23-27(13-17)12-14-5-7-16(22)8-6-14/h2-11,13H,12H2,1H3,(H,24,28)(H,25,26). The lowest BCUT2D eigenvalue weighted by Crippen LogP contribution is -2.11. The van der Waals surface area contributed by atoms with Crippen molar-refractivity contribution in [2.24, 2.45) is 0 Å². The first-order chi connectivity index (χ1) is 14.1. The third-order valence-electron chi connectivity index (χ3n) is 4.34. The number of ether oxygens (including phenoxy) is 1. The Bertz CT molecular complexity index is 1130. The largest absolute Gasteiger partial charge is 0.497 e. The minimum atomic E-state index is -0.294. The van der Waals surface area contributed by atoms with Gasteiger partial charge in [-0.3, -0.25) is 14.6 Å². The fourth-order valence-corrected chi connectivity index (χ4v) is 2.98. The van der Waals surface area contributed by atoms with Crippen molar-refractivity contribution in [3.63, 3.8) is 0 Å². The van der Waals surface area contributed by atoms with Crippen molar-refractivity contribution in [2.75, 3.05) is 12.4 Å². The number of aromatic amines is 1. The third-order valence-corrected chi connectivity index (χ3v) is 4.59. The molecule has 7 nitrogen and oxygen atoms in total. The van der Waals surface area contributed by atoms with Crippen LogP contribution in [0.2, 0.25) is 5.02 Å². The lowest BCUT2D eigenvalue weighted by Gasteiger charge is -2.02. The molecule has 0 radical (unpaired) electrons. The Labute approximate surface area is 172 Å². The van der Waals surface area contributed by atoms with Gasteiger partial charge in [-0.25, -0.2) is 0 Å². The fraction of sp³-hybridized carbons (Fsp3) is 0.0952. The van der Waals surface area contributed by atoms with Crippen molar-refractivity contribution in [1.29, 1.82) is 0 Å². The lowest BCUT2D eigenvalue weighted by atomic mass is 10.1. The van der Waals surface area contributed by atoms with Crippen molar-refractivity contribution in [3.8, 4) is 17.0 Å². The van der Waals surface area contributed by atoms with Gasteiger partial charge in [-0.05, 0) is 35.9 Å². The third kappa shape index (κ3) is 4.47. The molecule has 146 valence electrons. The van der Waals surface area contributed by atoms with E-state index in [1.165, 1.54) is 0 Å². The Balaban J connectivity index is 1.43. The predicted octanol–water partition coefficient (Wildman–Crippen LogP) is 4.24. The van der Waals surface area contributed by atoms with Crippen LogP contribution in [0.5, 0.6) is 5.75 Å². The quantitative estimate of drug-likeness (QED) is 0.500. The minimum Gasteiger partial charge on any atom is -0.497 e. The van der Waals surface area contributed by atoms with E-state index in [0.29, 0.717) is 28.6 Å². The summed E-state index contributed by atoms with van der Waals surface area (Å²) >= 11 is 5.91. The summed E-state index contributed by atoms with van der Waals surface area (Å²) < 4.78 is 6.97. The summed E-state index contributed by atoms with van der Waals surface area (Å²) in [4.78, 5) is 12.5. The molecule has 0 aliphatic rings. The maximum absolute atomic E-state index is 12.5. The molecule has 8 heteroatoms. The minimum absolute atomic E-state index is 0.294. The van der Waals surface area contributed by atoms with Gasteiger partial charge in [0, 0.05) is 16.8 Å². The molecule has 2 aromatic heterocycles. The second-order valence-electron chi connectivity index (χ2n) is 6.41. The van der Waals surface area contributed by atoms with Crippen LogP contribution in [-0.2, 0) is 6.54 Å². The molecule has 0 atom stereocenters. The van der Waals surface area contributed by atoms with Crippen LogP contribution in [0.25, 0.3) is 11.3 Å². The number of halogens is 1. The summed E-state index contributed by atoms with van der Waals surface area (Å²) in [7, 11) is 1.61. The van der Waals surface area contributed by atoms with Gasteiger partial charge in [0.1, 0.15) is 11.4 Å². The Morgan fingerprint density at radius 1 is 1.21 bits per heavy atom. The summed E-state index contributed by atoms with van der Waals surface area (Å²) in [6, 6.07) is 16.7. The monoisotopic (exact) mass is 407 g/mol. The molecule has 0 aliphatic heterocycles. The number of amides is 1. The zero-order chi connectivity index (χ0) is 20.2. The smallest absolute Gasteiger partial charge is 0.273 e. The molecule has 0 saturated heterocycles. The highest BCUT2D eigenvalue weighted by atomic mass is 35.5. The van der Waals surface area contributed by atoms with Crippen molar-refractivity contribution in [2.45, 2.75) is 6.54 Å². The lowest BCUT2D eigenvalue weighted by molar-refractivity contribution is 0.102. The van der Waals surface area contributed by atoms with Crippen LogP contribution in [-0.4, -0.2) is 33.0 Å². The number of hydrogen-bond donors (Lipinski definition) is 2. The Morgan fingerprint density at radius 3 is 2.83 bits per heavy atom. The molecule has 4 rings (SSSR count). The molecule has 4 aromatic rings. The molecule has 0 bridgehead atoms. The molecule has 2 aromatic carbocycles. The van der Waals surface area contributed by atoms with Crippen LogP contribution in [0, 0.1) is 0 Å². The van der Waals surface area contributed by atoms with Gasteiger partial charge in [-0.1, -0.05) is 35.9 Å². The van der Waals surface area contributed by atoms with Crippen molar-refractivity contribution >= 4 is 23.2 Å². The first-order valence-corrected chi connectivity index (χ1v) is 9.26. The molecular weight excluding hydrogens is 390 g/mol. The van der Waals surface area contributed by atoms with Crippen molar-refractivity contribution in [3.05, 3.63) is 83.3 Å². The van der Waals surface area contributed by atoms with E-state index < -0.39 is 0 Å². The van der Waals surface area contributed by atoms with E-state index in [9.17, 15) is 4.79 Å². The highest BCUT2D eigenvalue weighted by Gasteiger charge is 2.13. The van der Waals surface area contributed by atoms with Crippen LogP contribution >= 0.6 is 11.6 Å². The van der Waals surface area contributed by atoms with Crippen LogP contribution in [0.3, 0.4) is 0 Å². The number of carbonyl (C=O) groups is 1. The van der Waals surface area contributed by atoms with Gasteiger partial charge >= 0.3 is 0 Å². The first-order valence-electron chi connectivity index (χ1n) is 8.89. The van der Waals surface area contributed by atoms with E-state index in [1.54, 1.807) is 30.3 Å². The van der Waals surface area contributed by atoms with E-state index >= 15 is 0 Å². The number of nitrogens with one attached hydrogen (secondary N) is 2. The second-order valence-corrected chi connectivity index (χ2v) is 6.84. The molecule has 2 N–H and O–H groups in total.